The number of likely N-dealkylation sites (N-methyl/N-ethyl adjacent to an activating group) is 1. The van der Waals surface area contributed by atoms with Crippen LogP contribution in [-0.2, 0) is 0 Å². The second-order valence-electron chi connectivity index (χ2n) is 6.11. The molecule has 1 N–H and O–H groups in total. The van der Waals surface area contributed by atoms with Crippen LogP contribution >= 0.6 is 0 Å². The highest BCUT2D eigenvalue weighted by atomic mass is 16.4. The third kappa shape index (κ3) is 2.08. The number of carbonyl (C=O) groups excluding carboxylic acids is 1. The molecule has 1 atom stereocenters. The number of hydrogen-bond donors (Lipinski definition) is 1. The smallest absolute Gasteiger partial charge is 0.317 e. The Kier molecular flexibility index (Phi) is 3.20. The summed E-state index contributed by atoms with van der Waals surface area (Å²) in [6.45, 7) is 8.05. The van der Waals surface area contributed by atoms with Crippen molar-refractivity contribution in [3.8, 4) is 0 Å². The van der Waals surface area contributed by atoms with E-state index in [0.717, 1.165) is 37.8 Å². The molecule has 1 aromatic rings. The Hall–Kier alpha value is -1.56. The lowest BCUT2D eigenvalue weighted by molar-refractivity contribution is 0.0232. The summed E-state index contributed by atoms with van der Waals surface area (Å²) in [7, 11) is 2.12. The number of aryl methyl sites for hydroxylation is 1. The van der Waals surface area contributed by atoms with Crippen molar-refractivity contribution in [1.82, 2.24) is 20.1 Å². The molecule has 0 saturated carbocycles. The first kappa shape index (κ1) is 13.4. The van der Waals surface area contributed by atoms with Gasteiger partial charge in [0.25, 0.3) is 0 Å². The third-order valence-corrected chi connectivity index (χ3v) is 4.38. The average molecular weight is 278 g/mol. The molecule has 1 unspecified atom stereocenters. The van der Waals surface area contributed by atoms with Crippen molar-refractivity contribution >= 4 is 6.03 Å². The first-order chi connectivity index (χ1) is 9.54. The number of urea groups is 1. The summed E-state index contributed by atoms with van der Waals surface area (Å²) in [5.74, 6) is 1.96. The van der Waals surface area contributed by atoms with Crippen LogP contribution in [0, 0.1) is 12.3 Å². The number of oxazole rings is 1. The predicted octanol–water partition coefficient (Wildman–Crippen LogP) is 1.04. The monoisotopic (exact) mass is 278 g/mol. The van der Waals surface area contributed by atoms with Gasteiger partial charge in [0.1, 0.15) is 5.76 Å². The van der Waals surface area contributed by atoms with Gasteiger partial charge in [-0.25, -0.2) is 9.78 Å². The Bertz CT molecular complexity index is 507. The largest absolute Gasteiger partial charge is 0.446 e. The zero-order valence-electron chi connectivity index (χ0n) is 12.3. The van der Waals surface area contributed by atoms with E-state index < -0.39 is 0 Å². The van der Waals surface area contributed by atoms with Crippen LogP contribution in [0.5, 0.6) is 0 Å². The first-order valence-corrected chi connectivity index (χ1v) is 7.18. The maximum atomic E-state index is 11.9. The summed E-state index contributed by atoms with van der Waals surface area (Å²) in [5.41, 5.74) is 0.108. The van der Waals surface area contributed by atoms with Gasteiger partial charge in [0.2, 0.25) is 0 Å². The Labute approximate surface area is 119 Å². The fraction of sp³-hybridized carbons (Fsp3) is 0.714. The second kappa shape index (κ2) is 4.77. The summed E-state index contributed by atoms with van der Waals surface area (Å²) >= 11 is 0. The van der Waals surface area contributed by atoms with Crippen LogP contribution < -0.4 is 5.32 Å². The summed E-state index contributed by atoms with van der Waals surface area (Å²) < 4.78 is 5.73. The van der Waals surface area contributed by atoms with E-state index in [1.54, 1.807) is 6.20 Å². The lowest BCUT2D eigenvalue weighted by Crippen LogP contribution is -2.63. The van der Waals surface area contributed by atoms with Crippen LogP contribution in [0.15, 0.2) is 10.6 Å². The topological polar surface area (TPSA) is 61.6 Å². The van der Waals surface area contributed by atoms with Crippen LogP contribution in [0.4, 0.5) is 4.79 Å². The lowest BCUT2D eigenvalue weighted by atomic mass is 9.71. The predicted molar refractivity (Wildman–Crippen MR) is 74.6 cm³/mol. The zero-order chi connectivity index (χ0) is 14.3. The number of hydrogen-bond acceptors (Lipinski definition) is 4. The number of carbonyl (C=O) groups is 1. The molecule has 6 nitrogen and oxygen atoms in total. The molecule has 3 heterocycles. The molecule has 0 radical (unpaired) electrons. The van der Waals surface area contributed by atoms with Gasteiger partial charge >= 0.3 is 6.03 Å². The standard InChI is InChI=1S/C14H22N4O2/c1-4-15-13(19)18-8-14(9-18)7-17(3)6-11(14)12-16-5-10(2)20-12/h5,11H,4,6-9H2,1-3H3,(H,15,19). The molecule has 6 heteroatoms. The SMILES string of the molecule is CCNC(=O)N1CC2(CN(C)CC2c2ncc(C)o2)C1. The molecule has 1 spiro atoms. The van der Waals surface area contributed by atoms with Crippen molar-refractivity contribution in [3.05, 3.63) is 17.8 Å². The van der Waals surface area contributed by atoms with Crippen molar-refractivity contribution in [2.24, 2.45) is 5.41 Å². The summed E-state index contributed by atoms with van der Waals surface area (Å²) in [4.78, 5) is 20.4. The van der Waals surface area contributed by atoms with E-state index >= 15 is 0 Å². The molecule has 2 fully saturated rings. The fourth-order valence-electron chi connectivity index (χ4n) is 3.53. The first-order valence-electron chi connectivity index (χ1n) is 7.18. The van der Waals surface area contributed by atoms with E-state index in [4.69, 9.17) is 4.42 Å². The minimum Gasteiger partial charge on any atom is -0.446 e. The summed E-state index contributed by atoms with van der Waals surface area (Å²) in [6.07, 6.45) is 1.78. The summed E-state index contributed by atoms with van der Waals surface area (Å²) in [6, 6.07) is 0.0370. The lowest BCUT2D eigenvalue weighted by Gasteiger charge is -2.50. The Morgan fingerprint density at radius 2 is 2.30 bits per heavy atom. The number of nitrogens with one attached hydrogen (secondary N) is 1. The minimum absolute atomic E-state index is 0.0370. The van der Waals surface area contributed by atoms with Gasteiger partial charge in [0.15, 0.2) is 5.89 Å². The van der Waals surface area contributed by atoms with Crippen LogP contribution in [0.1, 0.15) is 24.5 Å². The number of rotatable bonds is 2. The van der Waals surface area contributed by atoms with Gasteiger partial charge in [-0.05, 0) is 20.9 Å². The molecule has 0 aromatic carbocycles. The van der Waals surface area contributed by atoms with Crippen LogP contribution in [0.25, 0.3) is 0 Å². The van der Waals surface area contributed by atoms with Crippen molar-refractivity contribution < 1.29 is 9.21 Å². The number of likely N-dealkylation sites (tertiary alicyclic amines) is 2. The maximum absolute atomic E-state index is 11.9. The molecular weight excluding hydrogens is 256 g/mol. The van der Waals surface area contributed by atoms with E-state index in [9.17, 15) is 4.79 Å². The third-order valence-electron chi connectivity index (χ3n) is 4.38. The molecule has 20 heavy (non-hydrogen) atoms. The van der Waals surface area contributed by atoms with Gasteiger partial charge in [-0.3, -0.25) is 0 Å². The molecule has 0 bridgehead atoms. The van der Waals surface area contributed by atoms with Gasteiger partial charge in [0, 0.05) is 38.1 Å². The van der Waals surface area contributed by atoms with E-state index in [0.29, 0.717) is 6.54 Å². The zero-order valence-corrected chi connectivity index (χ0v) is 12.3. The molecular formula is C14H22N4O2. The molecule has 0 aliphatic carbocycles. The molecule has 110 valence electrons. The van der Waals surface area contributed by atoms with Gasteiger partial charge < -0.3 is 19.5 Å². The highest BCUT2D eigenvalue weighted by Gasteiger charge is 2.56. The molecule has 3 rings (SSSR count). The second-order valence-corrected chi connectivity index (χ2v) is 6.11. The van der Waals surface area contributed by atoms with Crippen molar-refractivity contribution in [2.45, 2.75) is 19.8 Å². The van der Waals surface area contributed by atoms with Crippen molar-refractivity contribution in [3.63, 3.8) is 0 Å². The van der Waals surface area contributed by atoms with E-state index in [1.807, 2.05) is 18.7 Å². The van der Waals surface area contributed by atoms with Crippen molar-refractivity contribution in [1.29, 1.82) is 0 Å². The highest BCUT2D eigenvalue weighted by Crippen LogP contribution is 2.48. The van der Waals surface area contributed by atoms with E-state index in [2.05, 4.69) is 22.2 Å². The van der Waals surface area contributed by atoms with Crippen LogP contribution in [0.2, 0.25) is 0 Å². The molecule has 2 aliphatic heterocycles. The Morgan fingerprint density at radius 1 is 1.55 bits per heavy atom. The molecule has 2 saturated heterocycles. The number of amides is 2. The number of aromatic nitrogens is 1. The van der Waals surface area contributed by atoms with Gasteiger partial charge in [0.05, 0.1) is 12.1 Å². The normalized spacial score (nSPS) is 24.9. The van der Waals surface area contributed by atoms with Crippen LogP contribution in [0.3, 0.4) is 0 Å². The Morgan fingerprint density at radius 3 is 2.90 bits per heavy atom. The minimum atomic E-state index is 0.0370. The summed E-state index contributed by atoms with van der Waals surface area (Å²) in [5, 5.41) is 2.86. The van der Waals surface area contributed by atoms with Crippen molar-refractivity contribution in [2.75, 3.05) is 39.8 Å². The molecule has 2 amide bonds. The van der Waals surface area contributed by atoms with Crippen LogP contribution in [-0.4, -0.2) is 60.6 Å². The molecule has 1 aromatic heterocycles. The fourth-order valence-corrected chi connectivity index (χ4v) is 3.53. The van der Waals surface area contributed by atoms with E-state index in [-0.39, 0.29) is 17.4 Å². The van der Waals surface area contributed by atoms with E-state index in [1.165, 1.54) is 0 Å². The van der Waals surface area contributed by atoms with Gasteiger partial charge in [-0.15, -0.1) is 0 Å². The quantitative estimate of drug-likeness (QED) is 0.878. The highest BCUT2D eigenvalue weighted by molar-refractivity contribution is 5.75. The van der Waals surface area contributed by atoms with Gasteiger partial charge in [-0.1, -0.05) is 0 Å². The van der Waals surface area contributed by atoms with Gasteiger partial charge in [-0.2, -0.15) is 0 Å². The average Bonchev–Trinajstić information content (AvgIpc) is 2.91. The number of nitrogens with zero attached hydrogens (tertiary/aromatic N) is 3. The maximum Gasteiger partial charge on any atom is 0.317 e. The molecule has 2 aliphatic rings. The Balaban J connectivity index is 1.74.